The third-order valence-electron chi connectivity index (χ3n) is 3.93. The highest BCUT2D eigenvalue weighted by atomic mass is 16.5. The van der Waals surface area contributed by atoms with Gasteiger partial charge in [0, 0.05) is 25.0 Å². The van der Waals surface area contributed by atoms with Crippen molar-refractivity contribution in [1.29, 1.82) is 0 Å². The Morgan fingerprint density at radius 3 is 2.43 bits per heavy atom. The molecule has 122 valence electrons. The molecule has 3 rings (SSSR count). The smallest absolute Gasteiger partial charge is 0.255 e. The molecule has 0 bridgehead atoms. The summed E-state index contributed by atoms with van der Waals surface area (Å²) in [5.74, 6) is 0.718. The molecule has 1 aliphatic rings. The van der Waals surface area contributed by atoms with Gasteiger partial charge in [0.05, 0.1) is 23.5 Å². The third kappa shape index (κ3) is 3.27. The zero-order valence-corrected chi connectivity index (χ0v) is 14.0. The molecular weight excluding hydrogens is 292 g/mol. The Bertz CT molecular complexity index is 698. The summed E-state index contributed by atoms with van der Waals surface area (Å²) < 4.78 is 7.45. The molecule has 1 saturated heterocycles. The third-order valence-corrected chi connectivity index (χ3v) is 3.93. The topological polar surface area (TPSA) is 60.2 Å². The van der Waals surface area contributed by atoms with Gasteiger partial charge < -0.3 is 9.64 Å². The minimum absolute atomic E-state index is 0.000539. The number of amides is 1. The van der Waals surface area contributed by atoms with Gasteiger partial charge in [-0.15, -0.1) is 0 Å². The lowest BCUT2D eigenvalue weighted by Gasteiger charge is -2.35. The van der Waals surface area contributed by atoms with E-state index in [9.17, 15) is 4.79 Å². The van der Waals surface area contributed by atoms with Gasteiger partial charge in [-0.05, 0) is 45.9 Å². The van der Waals surface area contributed by atoms with Crippen LogP contribution in [0.2, 0.25) is 0 Å². The molecule has 2 aromatic rings. The van der Waals surface area contributed by atoms with Crippen LogP contribution in [0.25, 0.3) is 5.82 Å². The van der Waals surface area contributed by atoms with Gasteiger partial charge >= 0.3 is 0 Å². The van der Waals surface area contributed by atoms with Crippen LogP contribution < -0.4 is 0 Å². The maximum atomic E-state index is 12.6. The molecule has 0 radical (unpaired) electrons. The van der Waals surface area contributed by atoms with Crippen LogP contribution in [0.15, 0.2) is 24.4 Å². The quantitative estimate of drug-likeness (QED) is 0.852. The summed E-state index contributed by atoms with van der Waals surface area (Å²) in [6, 6.07) is 5.64. The summed E-state index contributed by atoms with van der Waals surface area (Å²) in [7, 11) is 0. The first kappa shape index (κ1) is 15.7. The largest absolute Gasteiger partial charge is 0.372 e. The Kier molecular flexibility index (Phi) is 4.17. The molecule has 6 nitrogen and oxygen atoms in total. The highest BCUT2D eigenvalue weighted by molar-refractivity contribution is 5.94. The van der Waals surface area contributed by atoms with Gasteiger partial charge in [-0.3, -0.25) is 4.79 Å². The van der Waals surface area contributed by atoms with Crippen molar-refractivity contribution in [1.82, 2.24) is 19.7 Å². The van der Waals surface area contributed by atoms with Crippen LogP contribution in [0.5, 0.6) is 0 Å². The lowest BCUT2D eigenvalue weighted by Crippen LogP contribution is -2.48. The molecule has 6 heteroatoms. The molecule has 2 aromatic heterocycles. The van der Waals surface area contributed by atoms with E-state index < -0.39 is 0 Å². The highest BCUT2D eigenvalue weighted by Crippen LogP contribution is 2.15. The van der Waals surface area contributed by atoms with E-state index in [4.69, 9.17) is 4.74 Å². The predicted molar refractivity (Wildman–Crippen MR) is 86.7 cm³/mol. The van der Waals surface area contributed by atoms with Gasteiger partial charge in [-0.2, -0.15) is 5.10 Å². The molecule has 0 aliphatic carbocycles. The van der Waals surface area contributed by atoms with Crippen LogP contribution in [0.1, 0.15) is 35.6 Å². The molecule has 2 atom stereocenters. The second-order valence-corrected chi connectivity index (χ2v) is 6.21. The summed E-state index contributed by atoms with van der Waals surface area (Å²) in [4.78, 5) is 18.8. The summed E-state index contributed by atoms with van der Waals surface area (Å²) in [5, 5.41) is 4.41. The fraction of sp³-hybridized carbons (Fsp3) is 0.471. The molecule has 0 aromatic carbocycles. The van der Waals surface area contributed by atoms with E-state index in [1.54, 1.807) is 10.9 Å². The Balaban J connectivity index is 1.79. The highest BCUT2D eigenvalue weighted by Gasteiger charge is 2.26. The van der Waals surface area contributed by atoms with E-state index in [0.29, 0.717) is 18.7 Å². The van der Waals surface area contributed by atoms with Crippen molar-refractivity contribution in [3.63, 3.8) is 0 Å². The van der Waals surface area contributed by atoms with Crippen molar-refractivity contribution in [2.24, 2.45) is 0 Å². The fourth-order valence-corrected chi connectivity index (χ4v) is 3.02. The SMILES string of the molecule is Cc1cc(C)n(-c2ccc(C(=O)N3C[C@@H](C)O[C@@H](C)C3)cn2)n1. The number of rotatable bonds is 2. The lowest BCUT2D eigenvalue weighted by molar-refractivity contribution is -0.0586. The Morgan fingerprint density at radius 1 is 1.22 bits per heavy atom. The predicted octanol–water partition coefficient (Wildman–Crippen LogP) is 2.13. The minimum atomic E-state index is -0.000539. The first-order valence-electron chi connectivity index (χ1n) is 7.88. The zero-order chi connectivity index (χ0) is 16.6. The van der Waals surface area contributed by atoms with Gasteiger partial charge in [0.2, 0.25) is 0 Å². The standard InChI is InChI=1S/C17H22N4O2/c1-11-7-12(2)21(19-11)16-6-5-15(8-18-16)17(22)20-9-13(3)23-14(4)10-20/h5-8,13-14H,9-10H2,1-4H3/t13-,14+. The summed E-state index contributed by atoms with van der Waals surface area (Å²) in [6.07, 6.45) is 1.74. The van der Waals surface area contributed by atoms with Crippen molar-refractivity contribution in [3.8, 4) is 5.82 Å². The molecule has 3 heterocycles. The lowest BCUT2D eigenvalue weighted by atomic mass is 10.2. The number of carbonyl (C=O) groups is 1. The van der Waals surface area contributed by atoms with Crippen molar-refractivity contribution in [2.75, 3.05) is 13.1 Å². The van der Waals surface area contributed by atoms with E-state index in [2.05, 4.69) is 10.1 Å². The van der Waals surface area contributed by atoms with Crippen molar-refractivity contribution in [2.45, 2.75) is 39.9 Å². The summed E-state index contributed by atoms with van der Waals surface area (Å²) >= 11 is 0. The number of nitrogens with zero attached hydrogens (tertiary/aromatic N) is 4. The fourth-order valence-electron chi connectivity index (χ4n) is 3.02. The van der Waals surface area contributed by atoms with Crippen molar-refractivity contribution in [3.05, 3.63) is 41.3 Å². The molecule has 0 N–H and O–H groups in total. The first-order valence-corrected chi connectivity index (χ1v) is 7.88. The Morgan fingerprint density at radius 2 is 1.91 bits per heavy atom. The number of aromatic nitrogens is 3. The minimum Gasteiger partial charge on any atom is -0.372 e. The Hall–Kier alpha value is -2.21. The number of hydrogen-bond donors (Lipinski definition) is 0. The van der Waals surface area contributed by atoms with E-state index >= 15 is 0 Å². The van der Waals surface area contributed by atoms with Crippen molar-refractivity contribution < 1.29 is 9.53 Å². The van der Waals surface area contributed by atoms with Crippen LogP contribution in [0.3, 0.4) is 0 Å². The number of aryl methyl sites for hydroxylation is 2. The van der Waals surface area contributed by atoms with E-state index in [-0.39, 0.29) is 18.1 Å². The summed E-state index contributed by atoms with van der Waals surface area (Å²) in [6.45, 7) is 9.13. The van der Waals surface area contributed by atoms with Crippen LogP contribution >= 0.6 is 0 Å². The second-order valence-electron chi connectivity index (χ2n) is 6.21. The van der Waals surface area contributed by atoms with Gasteiger partial charge in [-0.1, -0.05) is 0 Å². The summed E-state index contributed by atoms with van der Waals surface area (Å²) in [5.41, 5.74) is 2.56. The van der Waals surface area contributed by atoms with Gasteiger partial charge in [-0.25, -0.2) is 9.67 Å². The monoisotopic (exact) mass is 314 g/mol. The molecule has 1 aliphatic heterocycles. The molecule has 1 amide bonds. The molecule has 0 saturated carbocycles. The normalized spacial score (nSPS) is 21.5. The maximum Gasteiger partial charge on any atom is 0.255 e. The van der Waals surface area contributed by atoms with E-state index in [1.807, 2.05) is 50.8 Å². The average Bonchev–Trinajstić information content (AvgIpc) is 2.84. The molecular formula is C17H22N4O2. The zero-order valence-electron chi connectivity index (χ0n) is 14.0. The van der Waals surface area contributed by atoms with E-state index in [0.717, 1.165) is 17.2 Å². The molecule has 1 fully saturated rings. The van der Waals surface area contributed by atoms with E-state index in [1.165, 1.54) is 0 Å². The van der Waals surface area contributed by atoms with Crippen molar-refractivity contribution >= 4 is 5.91 Å². The maximum absolute atomic E-state index is 12.6. The number of pyridine rings is 1. The van der Waals surface area contributed by atoms with Gasteiger partial charge in [0.15, 0.2) is 5.82 Å². The number of ether oxygens (including phenoxy) is 1. The molecule has 23 heavy (non-hydrogen) atoms. The number of morpholine rings is 1. The van der Waals surface area contributed by atoms with Crippen LogP contribution in [-0.2, 0) is 4.74 Å². The average molecular weight is 314 g/mol. The second kappa shape index (κ2) is 6.12. The Labute approximate surface area is 136 Å². The molecule has 0 spiro atoms. The number of hydrogen-bond acceptors (Lipinski definition) is 4. The van der Waals surface area contributed by atoms with Gasteiger partial charge in [0.25, 0.3) is 5.91 Å². The van der Waals surface area contributed by atoms with Crippen LogP contribution in [0, 0.1) is 13.8 Å². The first-order chi connectivity index (χ1) is 10.9. The van der Waals surface area contributed by atoms with Gasteiger partial charge in [0.1, 0.15) is 0 Å². The van der Waals surface area contributed by atoms with Crippen LogP contribution in [0.4, 0.5) is 0 Å². The van der Waals surface area contributed by atoms with Crippen LogP contribution in [-0.4, -0.2) is 50.9 Å². The number of carbonyl (C=O) groups excluding carboxylic acids is 1. The molecule has 0 unspecified atom stereocenters.